The Balaban J connectivity index is 1.91. The number of amides is 1. The second kappa shape index (κ2) is 6.36. The zero-order valence-electron chi connectivity index (χ0n) is 14.9. The molecular formula is C16H21BN2O6S. The quantitative estimate of drug-likeness (QED) is 0.439. The predicted octanol–water partition coefficient (Wildman–Crippen LogP) is 0.0124. The fraction of sp³-hybridized carbons (Fsp3) is 0.500. The Labute approximate surface area is 152 Å². The van der Waals surface area contributed by atoms with Crippen LogP contribution in [0.4, 0.5) is 0 Å². The van der Waals surface area contributed by atoms with Crippen LogP contribution in [-0.4, -0.2) is 66.2 Å². The lowest BCUT2D eigenvalue weighted by atomic mass is 9.84. The SMILES string of the molecule is CCOC(=O)[C@@H]1C[C@]2(C[N@]2S(=O)(=O)c2ccc(C)cc2)C(=O)N1B(C)O. The zero-order chi connectivity index (χ0) is 19.3. The summed E-state index contributed by atoms with van der Waals surface area (Å²) in [5.41, 5.74) is -0.401. The molecule has 1 amide bonds. The first kappa shape index (κ1) is 18.9. The molecule has 1 N–H and O–H groups in total. The lowest BCUT2D eigenvalue weighted by Gasteiger charge is -2.23. The van der Waals surface area contributed by atoms with Crippen molar-refractivity contribution in [2.45, 2.75) is 43.6 Å². The van der Waals surface area contributed by atoms with E-state index in [9.17, 15) is 23.0 Å². The number of sulfonamides is 1. The lowest BCUT2D eigenvalue weighted by molar-refractivity contribution is -0.149. The van der Waals surface area contributed by atoms with Gasteiger partial charge in [-0.15, -0.1) is 0 Å². The zero-order valence-corrected chi connectivity index (χ0v) is 15.7. The predicted molar refractivity (Wildman–Crippen MR) is 93.5 cm³/mol. The Kier molecular flexibility index (Phi) is 4.62. The number of aryl methyl sites for hydroxylation is 1. The second-order valence-electron chi connectivity index (χ2n) is 6.67. The monoisotopic (exact) mass is 380 g/mol. The highest BCUT2D eigenvalue weighted by atomic mass is 32.2. The molecule has 1 aromatic carbocycles. The molecule has 2 fully saturated rings. The summed E-state index contributed by atoms with van der Waals surface area (Å²) in [7, 11) is -5.09. The number of ether oxygens (including phenoxy) is 1. The lowest BCUT2D eigenvalue weighted by Crippen LogP contribution is -2.49. The minimum Gasteiger partial charge on any atom is -0.464 e. The molecule has 10 heteroatoms. The van der Waals surface area contributed by atoms with Crippen LogP contribution in [0.25, 0.3) is 0 Å². The molecular weight excluding hydrogens is 359 g/mol. The number of nitrogens with zero attached hydrogens (tertiary/aromatic N) is 2. The van der Waals surface area contributed by atoms with Crippen molar-refractivity contribution in [3.05, 3.63) is 29.8 Å². The fourth-order valence-electron chi connectivity index (χ4n) is 3.45. The van der Waals surface area contributed by atoms with Crippen molar-refractivity contribution in [3.63, 3.8) is 0 Å². The maximum absolute atomic E-state index is 12.9. The summed E-state index contributed by atoms with van der Waals surface area (Å²) < 4.78 is 31.8. The van der Waals surface area contributed by atoms with Crippen LogP contribution in [0.1, 0.15) is 18.9 Å². The van der Waals surface area contributed by atoms with Crippen LogP contribution < -0.4 is 0 Å². The van der Waals surface area contributed by atoms with E-state index in [-0.39, 0.29) is 24.5 Å². The van der Waals surface area contributed by atoms with Gasteiger partial charge in [0, 0.05) is 13.0 Å². The van der Waals surface area contributed by atoms with E-state index in [0.717, 1.165) is 14.7 Å². The maximum atomic E-state index is 12.9. The number of benzene rings is 1. The van der Waals surface area contributed by atoms with Gasteiger partial charge in [0.05, 0.1) is 11.5 Å². The van der Waals surface area contributed by atoms with E-state index in [1.165, 1.54) is 19.0 Å². The largest absolute Gasteiger partial charge is 0.464 e. The number of carbonyl (C=O) groups is 2. The molecule has 1 aromatic rings. The van der Waals surface area contributed by atoms with Gasteiger partial charge in [-0.05, 0) is 32.8 Å². The summed E-state index contributed by atoms with van der Waals surface area (Å²) in [6.45, 7) is 4.98. The molecule has 8 nitrogen and oxygen atoms in total. The summed E-state index contributed by atoms with van der Waals surface area (Å²) in [6, 6.07) is 5.35. The molecule has 140 valence electrons. The minimum atomic E-state index is -3.87. The van der Waals surface area contributed by atoms with Crippen LogP contribution in [0.3, 0.4) is 0 Å². The highest BCUT2D eigenvalue weighted by Gasteiger charge is 2.71. The summed E-state index contributed by atoms with van der Waals surface area (Å²) in [5, 5.41) is 9.94. The molecule has 0 radical (unpaired) electrons. The molecule has 2 saturated heterocycles. The van der Waals surface area contributed by atoms with Gasteiger partial charge in [-0.3, -0.25) is 4.79 Å². The number of carbonyl (C=O) groups excluding carboxylic acids is 2. The van der Waals surface area contributed by atoms with Crippen molar-refractivity contribution < 1.29 is 27.8 Å². The van der Waals surface area contributed by atoms with E-state index in [1.807, 2.05) is 6.92 Å². The molecule has 3 atom stereocenters. The third-order valence-electron chi connectivity index (χ3n) is 4.85. The van der Waals surface area contributed by atoms with Gasteiger partial charge in [-0.1, -0.05) is 17.7 Å². The van der Waals surface area contributed by atoms with E-state index < -0.39 is 40.5 Å². The molecule has 0 unspecified atom stereocenters. The van der Waals surface area contributed by atoms with Crippen molar-refractivity contribution in [1.82, 2.24) is 9.12 Å². The summed E-state index contributed by atoms with van der Waals surface area (Å²) in [5.74, 6) is -1.21. The third kappa shape index (κ3) is 2.82. The Morgan fingerprint density at radius 3 is 2.54 bits per heavy atom. The minimum absolute atomic E-state index is 0.0127. The number of hydrogen-bond donors (Lipinski definition) is 1. The first-order chi connectivity index (χ1) is 12.1. The van der Waals surface area contributed by atoms with Crippen LogP contribution in [0.2, 0.25) is 6.82 Å². The third-order valence-corrected chi connectivity index (χ3v) is 6.78. The van der Waals surface area contributed by atoms with Crippen molar-refractivity contribution in [1.29, 1.82) is 0 Å². The Hall–Kier alpha value is -1.91. The Morgan fingerprint density at radius 2 is 2.00 bits per heavy atom. The van der Waals surface area contributed by atoms with E-state index >= 15 is 0 Å². The van der Waals surface area contributed by atoms with E-state index in [1.54, 1.807) is 19.1 Å². The fourth-order valence-corrected chi connectivity index (χ4v) is 5.18. The molecule has 2 aliphatic rings. The standard InChI is InChI=1S/C16H21BN2O6S/c1-4-25-14(20)13-9-16(15(21)19(13)17(3)22)10-18(16)26(23,24)12-7-5-11(2)6-8-12/h5-8,13,22H,4,9-10H2,1-3H3/t13-,16-,18-/m0/s1. The van der Waals surface area contributed by atoms with Gasteiger partial charge in [0.25, 0.3) is 0 Å². The number of rotatable bonds is 5. The van der Waals surface area contributed by atoms with Gasteiger partial charge in [0.15, 0.2) is 0 Å². The molecule has 0 aliphatic carbocycles. The molecule has 0 saturated carbocycles. The number of hydrogen-bond acceptors (Lipinski definition) is 6. The van der Waals surface area contributed by atoms with Crippen LogP contribution in [-0.2, 0) is 24.3 Å². The van der Waals surface area contributed by atoms with Gasteiger partial charge in [0.2, 0.25) is 15.9 Å². The molecule has 3 rings (SSSR count). The van der Waals surface area contributed by atoms with E-state index in [4.69, 9.17) is 4.74 Å². The summed E-state index contributed by atoms with van der Waals surface area (Å²) in [4.78, 5) is 26.1. The molecule has 26 heavy (non-hydrogen) atoms. The average Bonchev–Trinajstić information content (AvgIpc) is 3.23. The molecule has 2 aliphatic heterocycles. The molecule has 1 spiro atoms. The molecule has 0 bridgehead atoms. The van der Waals surface area contributed by atoms with Crippen molar-refractivity contribution >= 4 is 29.0 Å². The topological polar surface area (TPSA) is 104 Å². The van der Waals surface area contributed by atoms with Gasteiger partial charge in [-0.2, -0.15) is 4.31 Å². The maximum Gasteiger partial charge on any atom is 0.412 e. The Bertz CT molecular complexity index is 841. The van der Waals surface area contributed by atoms with Gasteiger partial charge in [-0.25, -0.2) is 13.2 Å². The number of esters is 1. The summed E-state index contributed by atoms with van der Waals surface area (Å²) >= 11 is 0. The van der Waals surface area contributed by atoms with Crippen LogP contribution in [0, 0.1) is 6.92 Å². The average molecular weight is 380 g/mol. The highest BCUT2D eigenvalue weighted by Crippen LogP contribution is 2.48. The highest BCUT2D eigenvalue weighted by molar-refractivity contribution is 7.89. The van der Waals surface area contributed by atoms with Crippen molar-refractivity contribution in [2.75, 3.05) is 13.2 Å². The van der Waals surface area contributed by atoms with Gasteiger partial charge >= 0.3 is 13.0 Å². The van der Waals surface area contributed by atoms with E-state index in [0.29, 0.717) is 0 Å². The smallest absolute Gasteiger partial charge is 0.412 e. The Morgan fingerprint density at radius 1 is 1.38 bits per heavy atom. The van der Waals surface area contributed by atoms with Crippen molar-refractivity contribution in [2.24, 2.45) is 0 Å². The van der Waals surface area contributed by atoms with Crippen LogP contribution in [0.15, 0.2) is 29.2 Å². The normalized spacial score (nSPS) is 27.7. The summed E-state index contributed by atoms with van der Waals surface area (Å²) in [6.07, 6.45) is -0.0271. The van der Waals surface area contributed by atoms with Crippen LogP contribution >= 0.6 is 0 Å². The molecule has 0 aromatic heterocycles. The molecule has 2 heterocycles. The first-order valence-electron chi connectivity index (χ1n) is 8.42. The van der Waals surface area contributed by atoms with Gasteiger partial charge < -0.3 is 14.6 Å². The van der Waals surface area contributed by atoms with Crippen molar-refractivity contribution in [3.8, 4) is 0 Å². The van der Waals surface area contributed by atoms with E-state index in [2.05, 4.69) is 0 Å². The first-order valence-corrected chi connectivity index (χ1v) is 9.86. The van der Waals surface area contributed by atoms with Crippen LogP contribution in [0.5, 0.6) is 0 Å². The second-order valence-corrected chi connectivity index (χ2v) is 8.53. The van der Waals surface area contributed by atoms with Gasteiger partial charge in [0.1, 0.15) is 11.6 Å².